The maximum absolute atomic E-state index is 12.5. The molecule has 9 heteroatoms. The highest BCUT2D eigenvalue weighted by molar-refractivity contribution is 5.83. The molecule has 1 aromatic carbocycles. The molecule has 2 aliphatic rings. The smallest absolute Gasteiger partial charge is 0.471 e. The first-order valence-corrected chi connectivity index (χ1v) is 8.18. The van der Waals surface area contributed by atoms with Crippen molar-refractivity contribution in [1.82, 2.24) is 4.90 Å². The monoisotopic (exact) mass is 370 g/mol. The summed E-state index contributed by atoms with van der Waals surface area (Å²) in [4.78, 5) is 22.8. The number of amides is 1. The van der Waals surface area contributed by atoms with Crippen molar-refractivity contribution in [2.45, 2.75) is 38.5 Å². The van der Waals surface area contributed by atoms with Gasteiger partial charge in [0.15, 0.2) is 5.75 Å². The Labute approximate surface area is 147 Å². The molecular weight excluding hydrogens is 353 g/mol. The van der Waals surface area contributed by atoms with Gasteiger partial charge in [0, 0.05) is 19.2 Å². The molecule has 140 valence electrons. The number of rotatable bonds is 4. The molecule has 1 fully saturated rings. The molecule has 0 aromatic heterocycles. The Kier molecular flexibility index (Phi) is 4.64. The molecule has 1 saturated carbocycles. The molecule has 1 heterocycles. The summed E-state index contributed by atoms with van der Waals surface area (Å²) in [7, 11) is 0. The number of ether oxygens (including phenoxy) is 1. The Morgan fingerprint density at radius 2 is 2.04 bits per heavy atom. The highest BCUT2D eigenvalue weighted by Crippen LogP contribution is 2.38. The quantitative estimate of drug-likeness (QED) is 0.599. The number of carbonyl (C=O) groups excluding carboxylic acids is 1. The summed E-state index contributed by atoms with van der Waals surface area (Å²) in [6.07, 6.45) is -1.43. The third-order valence-electron chi connectivity index (χ3n) is 4.41. The number of nitrogens with zero attached hydrogens (tertiary/aromatic N) is 2. The second-order valence-electron chi connectivity index (χ2n) is 6.44. The lowest BCUT2D eigenvalue weighted by Gasteiger charge is -2.27. The molecule has 3 rings (SSSR count). The van der Waals surface area contributed by atoms with Crippen molar-refractivity contribution in [1.29, 1.82) is 0 Å². The molecular formula is C17H17F3N2O4. The van der Waals surface area contributed by atoms with E-state index in [4.69, 9.17) is 4.74 Å². The van der Waals surface area contributed by atoms with Crippen LogP contribution in [0.4, 0.5) is 18.9 Å². The van der Waals surface area contributed by atoms with E-state index in [1.165, 1.54) is 6.07 Å². The van der Waals surface area contributed by atoms with Crippen LogP contribution in [0.25, 0.3) is 5.57 Å². The Balaban J connectivity index is 1.86. The molecule has 1 aliphatic heterocycles. The van der Waals surface area contributed by atoms with Gasteiger partial charge in [-0.2, -0.15) is 13.2 Å². The summed E-state index contributed by atoms with van der Waals surface area (Å²) in [5, 5.41) is 11.2. The van der Waals surface area contributed by atoms with E-state index < -0.39 is 17.0 Å². The summed E-state index contributed by atoms with van der Waals surface area (Å²) in [6, 6.07) is 3.00. The van der Waals surface area contributed by atoms with Crippen molar-refractivity contribution in [3.05, 3.63) is 39.4 Å². The molecule has 0 spiro atoms. The number of aryl methyl sites for hydroxylation is 1. The summed E-state index contributed by atoms with van der Waals surface area (Å²) >= 11 is 0. The number of nitro groups is 1. The van der Waals surface area contributed by atoms with Gasteiger partial charge in [-0.3, -0.25) is 14.9 Å². The lowest BCUT2D eigenvalue weighted by Crippen LogP contribution is -2.43. The number of hydrogen-bond donors (Lipinski definition) is 0. The topological polar surface area (TPSA) is 72.7 Å². The first kappa shape index (κ1) is 18.2. The molecule has 0 bridgehead atoms. The highest BCUT2D eigenvalue weighted by Gasteiger charge is 2.42. The third kappa shape index (κ3) is 3.81. The van der Waals surface area contributed by atoms with Crippen LogP contribution in [0.15, 0.2) is 18.2 Å². The number of hydrogen-bond acceptors (Lipinski definition) is 4. The van der Waals surface area contributed by atoms with E-state index in [0.29, 0.717) is 11.1 Å². The molecule has 1 aromatic rings. The second kappa shape index (κ2) is 6.62. The number of halogens is 3. The molecule has 0 unspecified atom stereocenters. The molecule has 1 aliphatic carbocycles. The van der Waals surface area contributed by atoms with Crippen LogP contribution < -0.4 is 4.74 Å². The maximum atomic E-state index is 12.5. The minimum absolute atomic E-state index is 0.0236. The fourth-order valence-corrected chi connectivity index (χ4v) is 2.90. The van der Waals surface area contributed by atoms with Gasteiger partial charge < -0.3 is 9.64 Å². The van der Waals surface area contributed by atoms with Gasteiger partial charge in [0.25, 0.3) is 0 Å². The Bertz CT molecular complexity index is 785. The lowest BCUT2D eigenvalue weighted by molar-refractivity contribution is -0.386. The molecule has 0 saturated heterocycles. The zero-order valence-corrected chi connectivity index (χ0v) is 14.0. The van der Waals surface area contributed by atoms with Crippen LogP contribution in [0.3, 0.4) is 0 Å². The van der Waals surface area contributed by atoms with Crippen molar-refractivity contribution in [2.24, 2.45) is 0 Å². The van der Waals surface area contributed by atoms with E-state index in [9.17, 15) is 28.1 Å². The maximum Gasteiger partial charge on any atom is 0.471 e. The second-order valence-corrected chi connectivity index (χ2v) is 6.44. The summed E-state index contributed by atoms with van der Waals surface area (Å²) in [6.45, 7) is 1.50. The van der Waals surface area contributed by atoms with Crippen molar-refractivity contribution < 1.29 is 27.6 Å². The molecule has 6 nitrogen and oxygen atoms in total. The predicted molar refractivity (Wildman–Crippen MR) is 86.7 cm³/mol. The first-order valence-electron chi connectivity index (χ1n) is 8.18. The summed E-state index contributed by atoms with van der Waals surface area (Å²) in [5.74, 6) is -1.68. The van der Waals surface area contributed by atoms with Crippen LogP contribution >= 0.6 is 0 Å². The van der Waals surface area contributed by atoms with Gasteiger partial charge in [-0.05, 0) is 49.0 Å². The fraction of sp³-hybridized carbons (Fsp3) is 0.471. The third-order valence-corrected chi connectivity index (χ3v) is 4.41. The average Bonchev–Trinajstić information content (AvgIpc) is 3.38. The zero-order chi connectivity index (χ0) is 19.1. The van der Waals surface area contributed by atoms with E-state index in [2.05, 4.69) is 0 Å². The zero-order valence-electron chi connectivity index (χ0n) is 14.0. The van der Waals surface area contributed by atoms with Gasteiger partial charge in [0.1, 0.15) is 0 Å². The minimum atomic E-state index is -4.89. The van der Waals surface area contributed by atoms with E-state index in [1.807, 2.05) is 0 Å². The number of nitro benzene ring substituents is 1. The van der Waals surface area contributed by atoms with Crippen molar-refractivity contribution in [2.75, 3.05) is 13.1 Å². The van der Waals surface area contributed by atoms with Crippen LogP contribution in [-0.2, 0) is 4.79 Å². The van der Waals surface area contributed by atoms with Crippen molar-refractivity contribution in [3.63, 3.8) is 0 Å². The van der Waals surface area contributed by atoms with Crippen LogP contribution in [0.2, 0.25) is 0 Å². The van der Waals surface area contributed by atoms with Gasteiger partial charge >= 0.3 is 17.8 Å². The van der Waals surface area contributed by atoms with E-state index in [0.717, 1.165) is 23.3 Å². The molecule has 1 amide bonds. The normalized spacial score (nSPS) is 17.7. The van der Waals surface area contributed by atoms with Gasteiger partial charge in [0.2, 0.25) is 0 Å². The molecule has 0 radical (unpaired) electrons. The predicted octanol–water partition coefficient (Wildman–Crippen LogP) is 3.62. The van der Waals surface area contributed by atoms with E-state index in [-0.39, 0.29) is 37.1 Å². The van der Waals surface area contributed by atoms with Crippen molar-refractivity contribution >= 4 is 17.2 Å². The van der Waals surface area contributed by atoms with Gasteiger partial charge in [0.05, 0.1) is 11.0 Å². The summed E-state index contributed by atoms with van der Waals surface area (Å²) < 4.78 is 43.2. The standard InChI is InChI=1S/C17H17F3N2O4/c1-10-8-14(22(24)25)15(26-12-2-3-12)9-13(10)11-4-6-21(7-5-11)16(23)17(18,19)20/h4,8-9,12H,2-3,5-7H2,1H3. The van der Waals surface area contributed by atoms with Gasteiger partial charge in [-0.15, -0.1) is 0 Å². The Morgan fingerprint density at radius 3 is 2.54 bits per heavy atom. The van der Waals surface area contributed by atoms with Crippen LogP contribution in [0.1, 0.15) is 30.4 Å². The van der Waals surface area contributed by atoms with E-state index >= 15 is 0 Å². The van der Waals surface area contributed by atoms with Gasteiger partial charge in [-0.1, -0.05) is 6.08 Å². The molecule has 0 N–H and O–H groups in total. The number of carbonyl (C=O) groups is 1. The lowest BCUT2D eigenvalue weighted by atomic mass is 9.94. The molecule has 26 heavy (non-hydrogen) atoms. The number of alkyl halides is 3. The average molecular weight is 370 g/mol. The van der Waals surface area contributed by atoms with Gasteiger partial charge in [-0.25, -0.2) is 0 Å². The summed E-state index contributed by atoms with van der Waals surface area (Å²) in [5.41, 5.74) is 1.97. The first-order chi connectivity index (χ1) is 12.2. The fourth-order valence-electron chi connectivity index (χ4n) is 2.90. The molecule has 0 atom stereocenters. The SMILES string of the molecule is Cc1cc([N+](=O)[O-])c(OC2CC2)cc1C1=CCN(C(=O)C(F)(F)F)CC1. The van der Waals surface area contributed by atoms with Crippen molar-refractivity contribution in [3.8, 4) is 5.75 Å². The van der Waals surface area contributed by atoms with Crippen LogP contribution in [0.5, 0.6) is 5.75 Å². The van der Waals surface area contributed by atoms with Crippen LogP contribution in [0, 0.1) is 17.0 Å². The largest absolute Gasteiger partial charge is 0.483 e. The van der Waals surface area contributed by atoms with Crippen LogP contribution in [-0.4, -0.2) is 41.1 Å². The number of benzene rings is 1. The highest BCUT2D eigenvalue weighted by atomic mass is 19.4. The Hall–Kier alpha value is -2.58. The van der Waals surface area contributed by atoms with E-state index in [1.54, 1.807) is 19.1 Å². The minimum Gasteiger partial charge on any atom is -0.483 e. The Morgan fingerprint density at radius 1 is 1.35 bits per heavy atom.